The topological polar surface area (TPSA) is 42.4 Å². The molecule has 4 heteroatoms. The highest BCUT2D eigenvalue weighted by Gasteiger charge is 2.03. The molecule has 2 rings (SSSR count). The number of hydrogen-bond donors (Lipinski definition) is 1. The fourth-order valence-corrected chi connectivity index (χ4v) is 1.87. The molecule has 3 nitrogen and oxygen atoms in total. The predicted octanol–water partition coefficient (Wildman–Crippen LogP) is 3.65. The molecule has 0 saturated carbocycles. The van der Waals surface area contributed by atoms with Crippen LogP contribution in [0, 0.1) is 0 Å². The Hall–Kier alpha value is -1.52. The van der Waals surface area contributed by atoms with Crippen molar-refractivity contribution in [2.75, 3.05) is 6.26 Å². The van der Waals surface area contributed by atoms with Gasteiger partial charge in [-0.25, -0.2) is 4.98 Å². The summed E-state index contributed by atoms with van der Waals surface area (Å²) in [5.41, 5.74) is 0.778. The molecule has 0 unspecified atom stereocenters. The van der Waals surface area contributed by atoms with E-state index in [-0.39, 0.29) is 0 Å². The lowest BCUT2D eigenvalue weighted by Crippen LogP contribution is -1.93. The molecule has 0 radical (unpaired) electrons. The van der Waals surface area contributed by atoms with Gasteiger partial charge in [0, 0.05) is 17.2 Å². The summed E-state index contributed by atoms with van der Waals surface area (Å²) in [7, 11) is 0. The van der Waals surface area contributed by atoms with Gasteiger partial charge in [-0.1, -0.05) is 0 Å². The number of aliphatic hydroxyl groups is 1. The normalized spacial score (nSPS) is 12.2. The van der Waals surface area contributed by atoms with Crippen LogP contribution in [0.4, 0.5) is 0 Å². The summed E-state index contributed by atoms with van der Waals surface area (Å²) in [6, 6.07) is 11.4. The standard InChI is InChI=1S/C14H15NO2S/c1-10(16)11-3-8-14(15-9-11)17-12-4-6-13(18-2)7-5-12/h3-10,16H,1-2H3/t10-/m1/s1. The van der Waals surface area contributed by atoms with E-state index in [1.807, 2.05) is 36.6 Å². The summed E-state index contributed by atoms with van der Waals surface area (Å²) in [5.74, 6) is 1.28. The Balaban J connectivity index is 2.08. The molecule has 94 valence electrons. The molecule has 0 fully saturated rings. The van der Waals surface area contributed by atoms with E-state index in [2.05, 4.69) is 4.98 Å². The van der Waals surface area contributed by atoms with Gasteiger partial charge in [-0.3, -0.25) is 0 Å². The first-order valence-electron chi connectivity index (χ1n) is 5.65. The van der Waals surface area contributed by atoms with Gasteiger partial charge in [0.25, 0.3) is 0 Å². The Kier molecular flexibility index (Phi) is 4.23. The molecule has 0 aliphatic heterocycles. The molecule has 18 heavy (non-hydrogen) atoms. The summed E-state index contributed by atoms with van der Waals surface area (Å²) >= 11 is 1.69. The number of ether oxygens (including phenoxy) is 1. The Morgan fingerprint density at radius 2 is 1.89 bits per heavy atom. The average molecular weight is 261 g/mol. The Morgan fingerprint density at radius 3 is 2.39 bits per heavy atom. The molecule has 0 spiro atoms. The first-order chi connectivity index (χ1) is 8.69. The molecule has 0 aliphatic carbocycles. The number of pyridine rings is 1. The third-order valence-corrected chi connectivity index (χ3v) is 3.27. The summed E-state index contributed by atoms with van der Waals surface area (Å²) in [5, 5.41) is 9.38. The maximum atomic E-state index is 9.38. The number of aliphatic hydroxyl groups excluding tert-OH is 1. The van der Waals surface area contributed by atoms with Crippen molar-refractivity contribution in [2.45, 2.75) is 17.9 Å². The van der Waals surface area contributed by atoms with Crippen molar-refractivity contribution in [2.24, 2.45) is 0 Å². The Morgan fingerprint density at radius 1 is 1.17 bits per heavy atom. The number of aromatic nitrogens is 1. The van der Waals surface area contributed by atoms with Crippen LogP contribution in [0.2, 0.25) is 0 Å². The van der Waals surface area contributed by atoms with Gasteiger partial charge in [-0.15, -0.1) is 11.8 Å². The zero-order chi connectivity index (χ0) is 13.0. The Labute approximate surface area is 111 Å². The van der Waals surface area contributed by atoms with Gasteiger partial charge in [0.15, 0.2) is 0 Å². The van der Waals surface area contributed by atoms with E-state index < -0.39 is 6.10 Å². The smallest absolute Gasteiger partial charge is 0.219 e. The van der Waals surface area contributed by atoms with Crippen molar-refractivity contribution < 1.29 is 9.84 Å². The quantitative estimate of drug-likeness (QED) is 0.853. The number of rotatable bonds is 4. The molecule has 1 aromatic carbocycles. The highest BCUT2D eigenvalue weighted by Crippen LogP contribution is 2.23. The van der Waals surface area contributed by atoms with E-state index in [0.717, 1.165) is 11.3 Å². The molecule has 0 aliphatic rings. The van der Waals surface area contributed by atoms with Crippen LogP contribution in [-0.4, -0.2) is 16.3 Å². The van der Waals surface area contributed by atoms with Crippen LogP contribution < -0.4 is 4.74 Å². The molecule has 1 heterocycles. The minimum atomic E-state index is -0.507. The van der Waals surface area contributed by atoms with Crippen LogP contribution in [-0.2, 0) is 0 Å². The highest BCUT2D eigenvalue weighted by molar-refractivity contribution is 7.98. The molecule has 0 saturated heterocycles. The van der Waals surface area contributed by atoms with E-state index in [0.29, 0.717) is 5.88 Å². The van der Waals surface area contributed by atoms with Crippen molar-refractivity contribution in [3.8, 4) is 11.6 Å². The lowest BCUT2D eigenvalue weighted by molar-refractivity contribution is 0.198. The zero-order valence-electron chi connectivity index (χ0n) is 10.3. The molecule has 1 aromatic heterocycles. The van der Waals surface area contributed by atoms with E-state index in [1.54, 1.807) is 30.9 Å². The first kappa shape index (κ1) is 12.9. The average Bonchev–Trinajstić information content (AvgIpc) is 2.40. The maximum Gasteiger partial charge on any atom is 0.219 e. The van der Waals surface area contributed by atoms with Crippen LogP contribution in [0.5, 0.6) is 11.6 Å². The molecule has 0 bridgehead atoms. The van der Waals surface area contributed by atoms with Gasteiger partial charge in [0.1, 0.15) is 5.75 Å². The molecule has 1 N–H and O–H groups in total. The fraction of sp³-hybridized carbons (Fsp3) is 0.214. The van der Waals surface area contributed by atoms with Gasteiger partial charge in [-0.2, -0.15) is 0 Å². The first-order valence-corrected chi connectivity index (χ1v) is 6.87. The van der Waals surface area contributed by atoms with E-state index in [1.165, 1.54) is 4.90 Å². The van der Waals surface area contributed by atoms with Crippen LogP contribution in [0.25, 0.3) is 0 Å². The number of thioether (sulfide) groups is 1. The van der Waals surface area contributed by atoms with E-state index in [9.17, 15) is 5.11 Å². The van der Waals surface area contributed by atoms with E-state index in [4.69, 9.17) is 4.74 Å². The monoisotopic (exact) mass is 261 g/mol. The third kappa shape index (κ3) is 3.24. The predicted molar refractivity (Wildman–Crippen MR) is 73.2 cm³/mol. The lowest BCUT2D eigenvalue weighted by Gasteiger charge is -2.07. The van der Waals surface area contributed by atoms with Gasteiger partial charge < -0.3 is 9.84 Å². The summed E-state index contributed by atoms with van der Waals surface area (Å²) in [6.45, 7) is 1.71. The van der Waals surface area contributed by atoms with Gasteiger partial charge in [0.2, 0.25) is 5.88 Å². The largest absolute Gasteiger partial charge is 0.439 e. The van der Waals surface area contributed by atoms with Crippen molar-refractivity contribution in [3.05, 3.63) is 48.2 Å². The van der Waals surface area contributed by atoms with Crippen LogP contribution >= 0.6 is 11.8 Å². The second-order valence-corrected chi connectivity index (χ2v) is 4.76. The van der Waals surface area contributed by atoms with Gasteiger partial charge in [-0.05, 0) is 49.1 Å². The fourth-order valence-electron chi connectivity index (χ4n) is 1.46. The molecule has 0 amide bonds. The van der Waals surface area contributed by atoms with E-state index >= 15 is 0 Å². The lowest BCUT2D eigenvalue weighted by atomic mass is 10.2. The van der Waals surface area contributed by atoms with Crippen molar-refractivity contribution >= 4 is 11.8 Å². The molecule has 2 aromatic rings. The van der Waals surface area contributed by atoms with Crippen molar-refractivity contribution in [1.29, 1.82) is 0 Å². The summed E-state index contributed by atoms with van der Waals surface area (Å²) in [4.78, 5) is 5.34. The number of benzene rings is 1. The van der Waals surface area contributed by atoms with Crippen LogP contribution in [0.1, 0.15) is 18.6 Å². The minimum Gasteiger partial charge on any atom is -0.439 e. The van der Waals surface area contributed by atoms with Crippen LogP contribution in [0.15, 0.2) is 47.5 Å². The van der Waals surface area contributed by atoms with Crippen molar-refractivity contribution in [3.63, 3.8) is 0 Å². The summed E-state index contributed by atoms with van der Waals surface area (Å²) < 4.78 is 5.61. The minimum absolute atomic E-state index is 0.507. The number of hydrogen-bond acceptors (Lipinski definition) is 4. The maximum absolute atomic E-state index is 9.38. The second kappa shape index (κ2) is 5.89. The van der Waals surface area contributed by atoms with Gasteiger partial charge in [0.05, 0.1) is 6.10 Å². The SMILES string of the molecule is CSc1ccc(Oc2ccc([C@@H](C)O)cn2)cc1. The third-order valence-electron chi connectivity index (χ3n) is 2.52. The zero-order valence-corrected chi connectivity index (χ0v) is 11.1. The summed E-state index contributed by atoms with van der Waals surface area (Å²) in [6.07, 6.45) is 3.15. The van der Waals surface area contributed by atoms with Gasteiger partial charge >= 0.3 is 0 Å². The Bertz CT molecular complexity index is 494. The van der Waals surface area contributed by atoms with Crippen LogP contribution in [0.3, 0.4) is 0 Å². The molecular formula is C14H15NO2S. The highest BCUT2D eigenvalue weighted by atomic mass is 32.2. The van der Waals surface area contributed by atoms with Crippen molar-refractivity contribution in [1.82, 2.24) is 4.98 Å². The number of nitrogens with zero attached hydrogens (tertiary/aromatic N) is 1. The molecular weight excluding hydrogens is 246 g/mol. The second-order valence-electron chi connectivity index (χ2n) is 3.88. The molecule has 1 atom stereocenters.